The Bertz CT molecular complexity index is 416. The summed E-state index contributed by atoms with van der Waals surface area (Å²) in [5.41, 5.74) is 0.0451. The maximum absolute atomic E-state index is 12.4. The van der Waals surface area contributed by atoms with Gasteiger partial charge >= 0.3 is 12.4 Å². The molecule has 0 amide bonds. The molecule has 1 atom stereocenters. The van der Waals surface area contributed by atoms with Crippen molar-refractivity contribution in [1.29, 1.82) is 0 Å². The van der Waals surface area contributed by atoms with Crippen molar-refractivity contribution in [3.05, 3.63) is 17.2 Å². The summed E-state index contributed by atoms with van der Waals surface area (Å²) in [7, 11) is 0. The minimum Gasteiger partial charge on any atom is -0.338 e. The second-order valence-electron chi connectivity index (χ2n) is 3.99. The summed E-state index contributed by atoms with van der Waals surface area (Å²) in [5, 5.41) is 0. The van der Waals surface area contributed by atoms with Gasteiger partial charge in [-0.1, -0.05) is 0 Å². The van der Waals surface area contributed by atoms with E-state index in [4.69, 9.17) is 0 Å². The third kappa shape index (κ3) is 2.39. The molecule has 0 radical (unpaired) electrons. The summed E-state index contributed by atoms with van der Waals surface area (Å²) in [6.07, 6.45) is -9.76. The first-order valence-corrected chi connectivity index (χ1v) is 4.89. The average Bonchev–Trinajstić information content (AvgIpc) is 2.57. The van der Waals surface area contributed by atoms with E-state index >= 15 is 0 Å². The summed E-state index contributed by atoms with van der Waals surface area (Å²) in [4.78, 5) is 5.23. The third-order valence-corrected chi connectivity index (χ3v) is 2.78. The van der Waals surface area contributed by atoms with Gasteiger partial charge in [0.25, 0.3) is 0 Å². The van der Waals surface area contributed by atoms with Crippen molar-refractivity contribution in [2.45, 2.75) is 31.6 Å². The van der Waals surface area contributed by atoms with Crippen molar-refractivity contribution < 1.29 is 26.3 Å². The second-order valence-corrected chi connectivity index (χ2v) is 3.99. The number of fused-ring (bicyclic) bond motifs is 1. The molecule has 1 aromatic rings. The van der Waals surface area contributed by atoms with E-state index in [0.29, 0.717) is 0 Å². The lowest BCUT2D eigenvalue weighted by molar-refractivity contribution is -0.177. The van der Waals surface area contributed by atoms with Gasteiger partial charge in [0.05, 0.1) is 11.6 Å². The third-order valence-electron chi connectivity index (χ3n) is 2.78. The summed E-state index contributed by atoms with van der Waals surface area (Å²) >= 11 is 0. The van der Waals surface area contributed by atoms with Crippen molar-refractivity contribution in [3.8, 4) is 0 Å². The highest BCUT2D eigenvalue weighted by atomic mass is 19.4. The zero-order valence-corrected chi connectivity index (χ0v) is 8.41. The van der Waals surface area contributed by atoms with Crippen molar-refractivity contribution in [2.24, 2.45) is 5.92 Å². The average molecular weight is 258 g/mol. The Morgan fingerprint density at radius 2 is 1.76 bits per heavy atom. The summed E-state index contributed by atoms with van der Waals surface area (Å²) < 4.78 is 74.1. The van der Waals surface area contributed by atoms with Crippen LogP contribution in [0.5, 0.6) is 0 Å². The Balaban J connectivity index is 2.25. The fourth-order valence-electron chi connectivity index (χ4n) is 1.89. The standard InChI is InChI=1S/C9H8F6N2/c10-8(11,12)4-1-2-5-6(3-4)17-7(16-5)9(13,14)15/h4H,1-3H2,(H,16,17). The number of aryl methyl sites for hydroxylation is 1. The van der Waals surface area contributed by atoms with E-state index in [-0.39, 0.29) is 24.2 Å². The van der Waals surface area contributed by atoms with Crippen LogP contribution in [0.3, 0.4) is 0 Å². The number of imidazole rings is 1. The number of aromatic amines is 1. The molecule has 0 bridgehead atoms. The van der Waals surface area contributed by atoms with Crippen molar-refractivity contribution >= 4 is 0 Å². The van der Waals surface area contributed by atoms with Gasteiger partial charge in [0, 0.05) is 12.1 Å². The zero-order chi connectivity index (χ0) is 12.8. The van der Waals surface area contributed by atoms with Crippen molar-refractivity contribution in [3.63, 3.8) is 0 Å². The van der Waals surface area contributed by atoms with Gasteiger partial charge in [-0.2, -0.15) is 26.3 Å². The van der Waals surface area contributed by atoms with E-state index < -0.39 is 30.5 Å². The summed E-state index contributed by atoms with van der Waals surface area (Å²) in [6.45, 7) is 0. The van der Waals surface area contributed by atoms with Gasteiger partial charge in [-0.05, 0) is 12.8 Å². The maximum atomic E-state index is 12.4. The Kier molecular flexibility index (Phi) is 2.62. The quantitative estimate of drug-likeness (QED) is 0.712. The molecule has 1 aliphatic rings. The molecule has 0 aromatic carbocycles. The number of halogens is 6. The van der Waals surface area contributed by atoms with Crippen LogP contribution < -0.4 is 0 Å². The predicted molar refractivity (Wildman–Crippen MR) is 45.2 cm³/mol. The highest BCUT2D eigenvalue weighted by Gasteiger charge is 2.43. The SMILES string of the molecule is FC(F)(F)c1nc2c([nH]1)CC(C(F)(F)F)CC2. The number of alkyl halides is 6. The van der Waals surface area contributed by atoms with E-state index in [2.05, 4.69) is 4.98 Å². The number of rotatable bonds is 0. The molecule has 0 aliphatic heterocycles. The molecule has 1 N–H and O–H groups in total. The van der Waals surface area contributed by atoms with Crippen molar-refractivity contribution in [1.82, 2.24) is 9.97 Å². The van der Waals surface area contributed by atoms with Gasteiger partial charge in [-0.3, -0.25) is 0 Å². The van der Waals surface area contributed by atoms with Gasteiger partial charge in [-0.15, -0.1) is 0 Å². The smallest absolute Gasteiger partial charge is 0.338 e. The molecular weight excluding hydrogens is 250 g/mol. The molecular formula is C9H8F6N2. The van der Waals surface area contributed by atoms with E-state index in [1.165, 1.54) is 0 Å². The maximum Gasteiger partial charge on any atom is 0.449 e. The molecule has 0 saturated carbocycles. The fraction of sp³-hybridized carbons (Fsp3) is 0.667. The highest BCUT2D eigenvalue weighted by molar-refractivity contribution is 5.20. The predicted octanol–water partition coefficient (Wildman–Crippen LogP) is 3.10. The molecule has 0 spiro atoms. The van der Waals surface area contributed by atoms with Crippen LogP contribution in [-0.2, 0) is 19.0 Å². The second kappa shape index (κ2) is 3.64. The van der Waals surface area contributed by atoms with Crippen LogP contribution in [0.25, 0.3) is 0 Å². The van der Waals surface area contributed by atoms with Gasteiger partial charge in [0.15, 0.2) is 0 Å². The van der Waals surface area contributed by atoms with E-state index in [1.54, 1.807) is 0 Å². The zero-order valence-electron chi connectivity index (χ0n) is 8.41. The Labute approximate surface area is 92.0 Å². The van der Waals surface area contributed by atoms with Crippen LogP contribution in [0.4, 0.5) is 26.3 Å². The van der Waals surface area contributed by atoms with Crippen LogP contribution in [0.1, 0.15) is 23.6 Å². The van der Waals surface area contributed by atoms with Crippen LogP contribution >= 0.6 is 0 Å². The number of nitrogens with zero attached hydrogens (tertiary/aromatic N) is 1. The molecule has 2 rings (SSSR count). The van der Waals surface area contributed by atoms with Gasteiger partial charge < -0.3 is 4.98 Å². The summed E-state index contributed by atoms with van der Waals surface area (Å²) in [5.74, 6) is -2.80. The van der Waals surface area contributed by atoms with Crippen LogP contribution in [0, 0.1) is 5.92 Å². The lowest BCUT2D eigenvalue weighted by Gasteiger charge is -2.23. The highest BCUT2D eigenvalue weighted by Crippen LogP contribution is 2.37. The monoisotopic (exact) mass is 258 g/mol. The lowest BCUT2D eigenvalue weighted by atomic mass is 9.89. The molecule has 96 valence electrons. The number of hydrogen-bond acceptors (Lipinski definition) is 1. The molecule has 1 aromatic heterocycles. The van der Waals surface area contributed by atoms with Crippen LogP contribution in [-0.4, -0.2) is 16.1 Å². The fourth-order valence-corrected chi connectivity index (χ4v) is 1.89. The summed E-state index contributed by atoms with van der Waals surface area (Å²) in [6, 6.07) is 0. The first-order chi connectivity index (χ1) is 7.68. The first kappa shape index (κ1) is 12.3. The molecule has 8 heteroatoms. The minimum absolute atomic E-state index is 0.0501. The lowest BCUT2D eigenvalue weighted by Crippen LogP contribution is -2.28. The topological polar surface area (TPSA) is 28.7 Å². The first-order valence-electron chi connectivity index (χ1n) is 4.89. The molecule has 1 aliphatic carbocycles. The van der Waals surface area contributed by atoms with Crippen LogP contribution in [0.2, 0.25) is 0 Å². The Morgan fingerprint density at radius 3 is 2.29 bits per heavy atom. The van der Waals surface area contributed by atoms with E-state index in [9.17, 15) is 26.3 Å². The number of H-pyrrole nitrogens is 1. The number of aromatic nitrogens is 2. The van der Waals surface area contributed by atoms with E-state index in [0.717, 1.165) is 0 Å². The molecule has 1 unspecified atom stereocenters. The minimum atomic E-state index is -4.65. The van der Waals surface area contributed by atoms with Crippen molar-refractivity contribution in [2.75, 3.05) is 0 Å². The molecule has 0 fully saturated rings. The normalized spacial score (nSPS) is 21.4. The Morgan fingerprint density at radius 1 is 1.12 bits per heavy atom. The van der Waals surface area contributed by atoms with Crippen LogP contribution in [0.15, 0.2) is 0 Å². The largest absolute Gasteiger partial charge is 0.449 e. The van der Waals surface area contributed by atoms with Gasteiger partial charge in [0.1, 0.15) is 0 Å². The molecule has 2 nitrogen and oxygen atoms in total. The van der Waals surface area contributed by atoms with Gasteiger partial charge in [-0.25, -0.2) is 4.98 Å². The van der Waals surface area contributed by atoms with E-state index in [1.807, 2.05) is 4.98 Å². The molecule has 0 saturated heterocycles. The van der Waals surface area contributed by atoms with Gasteiger partial charge in [0.2, 0.25) is 5.82 Å². The number of hydrogen-bond donors (Lipinski definition) is 1. The number of nitrogens with one attached hydrogen (secondary N) is 1. The molecule has 17 heavy (non-hydrogen) atoms. The Hall–Kier alpha value is -1.21. The molecule has 1 heterocycles.